The molecule has 0 aliphatic rings. The highest BCUT2D eigenvalue weighted by Gasteiger charge is 2.35. The fourth-order valence-electron chi connectivity index (χ4n) is 4.81. The third-order valence-corrected chi connectivity index (χ3v) is 9.68. The summed E-state index contributed by atoms with van der Waals surface area (Å²) in [4.78, 5) is 29.5. The van der Waals surface area contributed by atoms with Crippen molar-refractivity contribution in [3.8, 4) is 0 Å². The Morgan fingerprint density at radius 2 is 1.54 bits per heavy atom. The second kappa shape index (κ2) is 15.6. The van der Waals surface area contributed by atoms with Gasteiger partial charge in [0, 0.05) is 29.6 Å². The Balaban J connectivity index is 1.83. The van der Waals surface area contributed by atoms with Crippen molar-refractivity contribution in [2.24, 2.45) is 5.92 Å². The average Bonchev–Trinajstić information content (AvgIpc) is 3.02. The van der Waals surface area contributed by atoms with Crippen LogP contribution in [0.4, 0.5) is 10.1 Å². The van der Waals surface area contributed by atoms with Gasteiger partial charge in [-0.05, 0) is 60.4 Å². The highest BCUT2D eigenvalue weighted by Crippen LogP contribution is 2.28. The molecule has 1 atom stereocenters. The lowest BCUT2D eigenvalue weighted by atomic mass is 10.0. The molecule has 0 aliphatic carbocycles. The first-order chi connectivity index (χ1) is 21.9. The molecular formula is C35H36Cl2FN3O4S. The van der Waals surface area contributed by atoms with Gasteiger partial charge in [0.15, 0.2) is 0 Å². The van der Waals surface area contributed by atoms with Crippen molar-refractivity contribution in [1.82, 2.24) is 10.2 Å². The van der Waals surface area contributed by atoms with Crippen molar-refractivity contribution in [2.45, 2.75) is 44.7 Å². The van der Waals surface area contributed by atoms with Crippen LogP contribution >= 0.6 is 23.2 Å². The summed E-state index contributed by atoms with van der Waals surface area (Å²) in [6.45, 7) is 5.14. The minimum atomic E-state index is -4.43. The van der Waals surface area contributed by atoms with Crippen molar-refractivity contribution < 1.29 is 22.4 Å². The minimum Gasteiger partial charge on any atom is -0.354 e. The van der Waals surface area contributed by atoms with E-state index in [0.29, 0.717) is 17.1 Å². The van der Waals surface area contributed by atoms with E-state index >= 15 is 4.39 Å². The van der Waals surface area contributed by atoms with Crippen LogP contribution in [0.2, 0.25) is 10.0 Å². The maximum atomic E-state index is 15.3. The molecule has 0 aromatic heterocycles. The van der Waals surface area contributed by atoms with Gasteiger partial charge in [0.05, 0.1) is 10.6 Å². The van der Waals surface area contributed by atoms with Crippen LogP contribution in [0.1, 0.15) is 30.5 Å². The Morgan fingerprint density at radius 3 is 2.17 bits per heavy atom. The van der Waals surface area contributed by atoms with Gasteiger partial charge in [0.25, 0.3) is 10.0 Å². The summed E-state index contributed by atoms with van der Waals surface area (Å²) in [5, 5.41) is 3.58. The van der Waals surface area contributed by atoms with Gasteiger partial charge >= 0.3 is 0 Å². The van der Waals surface area contributed by atoms with E-state index in [-0.39, 0.29) is 34.5 Å². The van der Waals surface area contributed by atoms with E-state index < -0.39 is 40.2 Å². The van der Waals surface area contributed by atoms with Crippen LogP contribution in [-0.2, 0) is 32.6 Å². The first kappa shape index (κ1) is 34.9. The first-order valence-corrected chi connectivity index (χ1v) is 17.0. The average molecular weight is 685 g/mol. The molecule has 46 heavy (non-hydrogen) atoms. The van der Waals surface area contributed by atoms with Crippen molar-refractivity contribution in [3.63, 3.8) is 0 Å². The third-order valence-electron chi connectivity index (χ3n) is 7.32. The number of carbonyl (C=O) groups excluding carboxylic acids is 2. The number of carbonyl (C=O) groups is 2. The summed E-state index contributed by atoms with van der Waals surface area (Å²) >= 11 is 12.7. The molecule has 0 aliphatic heterocycles. The van der Waals surface area contributed by atoms with Gasteiger partial charge in [-0.2, -0.15) is 0 Å². The maximum absolute atomic E-state index is 15.3. The molecule has 0 bridgehead atoms. The number of hydrogen-bond acceptors (Lipinski definition) is 4. The fraction of sp³-hybridized carbons (Fsp3) is 0.257. The van der Waals surface area contributed by atoms with Crippen LogP contribution < -0.4 is 9.62 Å². The number of amides is 2. The molecule has 1 N–H and O–H groups in total. The smallest absolute Gasteiger partial charge is 0.264 e. The zero-order valence-corrected chi connectivity index (χ0v) is 28.1. The normalized spacial score (nSPS) is 12.1. The number of nitrogens with zero attached hydrogens (tertiary/aromatic N) is 2. The lowest BCUT2D eigenvalue weighted by Gasteiger charge is -2.34. The molecule has 4 aromatic rings. The maximum Gasteiger partial charge on any atom is 0.264 e. The molecule has 0 saturated carbocycles. The highest BCUT2D eigenvalue weighted by atomic mass is 35.5. The Labute approximate surface area is 280 Å². The molecule has 242 valence electrons. The van der Waals surface area contributed by atoms with Gasteiger partial charge in [0.1, 0.15) is 18.4 Å². The number of halogens is 3. The van der Waals surface area contributed by atoms with E-state index in [9.17, 15) is 18.0 Å². The third kappa shape index (κ3) is 8.87. The van der Waals surface area contributed by atoms with Gasteiger partial charge in [0.2, 0.25) is 11.8 Å². The molecule has 11 heteroatoms. The van der Waals surface area contributed by atoms with Crippen molar-refractivity contribution in [3.05, 3.63) is 130 Å². The van der Waals surface area contributed by atoms with Crippen LogP contribution in [-0.4, -0.2) is 44.3 Å². The number of hydrogen-bond donors (Lipinski definition) is 1. The number of rotatable bonds is 13. The summed E-state index contributed by atoms with van der Waals surface area (Å²) in [6.07, 6.45) is 0.131. The zero-order valence-electron chi connectivity index (χ0n) is 25.8. The Hall–Kier alpha value is -3.92. The lowest BCUT2D eigenvalue weighted by molar-refractivity contribution is -0.140. The number of benzene rings is 4. The van der Waals surface area contributed by atoms with Crippen LogP contribution in [0.15, 0.2) is 102 Å². The topological polar surface area (TPSA) is 86.8 Å². The summed E-state index contributed by atoms with van der Waals surface area (Å²) < 4.78 is 44.1. The van der Waals surface area contributed by atoms with E-state index in [1.54, 1.807) is 24.3 Å². The van der Waals surface area contributed by atoms with Crippen LogP contribution in [0.25, 0.3) is 0 Å². The Bertz CT molecular complexity index is 1770. The van der Waals surface area contributed by atoms with E-state index in [1.807, 2.05) is 51.1 Å². The molecule has 2 amide bonds. The lowest BCUT2D eigenvalue weighted by Crippen LogP contribution is -2.53. The van der Waals surface area contributed by atoms with Crippen LogP contribution in [0.5, 0.6) is 0 Å². The van der Waals surface area contributed by atoms with E-state index in [1.165, 1.54) is 41.3 Å². The molecule has 0 unspecified atom stereocenters. The number of anilines is 1. The molecule has 0 radical (unpaired) electrons. The van der Waals surface area contributed by atoms with Gasteiger partial charge < -0.3 is 10.2 Å². The number of para-hydroxylation sites is 1. The van der Waals surface area contributed by atoms with Crippen molar-refractivity contribution in [1.29, 1.82) is 0 Å². The molecular weight excluding hydrogens is 648 g/mol. The molecule has 0 saturated heterocycles. The highest BCUT2D eigenvalue weighted by molar-refractivity contribution is 7.92. The molecule has 4 rings (SSSR count). The monoisotopic (exact) mass is 683 g/mol. The second-order valence-electron chi connectivity index (χ2n) is 11.4. The van der Waals surface area contributed by atoms with E-state index in [0.717, 1.165) is 21.5 Å². The quantitative estimate of drug-likeness (QED) is 0.164. The zero-order chi connectivity index (χ0) is 33.4. The van der Waals surface area contributed by atoms with Gasteiger partial charge in [-0.15, -0.1) is 0 Å². The molecule has 0 fully saturated rings. The summed E-state index contributed by atoms with van der Waals surface area (Å²) in [7, 11) is -4.43. The summed E-state index contributed by atoms with van der Waals surface area (Å²) in [5.41, 5.74) is 1.80. The Kier molecular flexibility index (Phi) is 11.8. The van der Waals surface area contributed by atoms with E-state index in [4.69, 9.17) is 23.2 Å². The van der Waals surface area contributed by atoms with Gasteiger partial charge in [-0.25, -0.2) is 12.8 Å². The standard InChI is InChI=1S/C35H36Cl2FN3O4S/c1-24(2)21-39-35(43)33(19-26-9-5-4-6-10-26)40(22-27-15-16-28(36)20-30(27)37)34(42)23-41(32-12-8-7-11-31(32)38)46(44,45)29-17-13-25(3)14-18-29/h4-18,20,24,33H,19,21-23H2,1-3H3,(H,39,43)/t33-/m1/s1. The SMILES string of the molecule is Cc1ccc(S(=O)(=O)N(CC(=O)N(Cc2ccc(Cl)cc2Cl)[C@H](Cc2ccccc2)C(=O)NCC(C)C)c2ccccc2F)cc1. The van der Waals surface area contributed by atoms with Gasteiger partial charge in [-0.1, -0.05) is 103 Å². The predicted octanol–water partition coefficient (Wildman–Crippen LogP) is 7.05. The Morgan fingerprint density at radius 1 is 0.891 bits per heavy atom. The molecule has 7 nitrogen and oxygen atoms in total. The molecule has 0 spiro atoms. The summed E-state index contributed by atoms with van der Waals surface area (Å²) in [6, 6.07) is 24.3. The van der Waals surface area contributed by atoms with Crippen LogP contribution in [0.3, 0.4) is 0 Å². The van der Waals surface area contributed by atoms with Gasteiger partial charge in [-0.3, -0.25) is 13.9 Å². The molecule has 4 aromatic carbocycles. The predicted molar refractivity (Wildman–Crippen MR) is 181 cm³/mol. The van der Waals surface area contributed by atoms with Crippen molar-refractivity contribution >= 4 is 50.7 Å². The largest absolute Gasteiger partial charge is 0.354 e. The van der Waals surface area contributed by atoms with E-state index in [2.05, 4.69) is 5.32 Å². The number of nitrogens with one attached hydrogen (secondary N) is 1. The first-order valence-electron chi connectivity index (χ1n) is 14.8. The van der Waals surface area contributed by atoms with Crippen molar-refractivity contribution in [2.75, 3.05) is 17.4 Å². The minimum absolute atomic E-state index is 0.114. The van der Waals surface area contributed by atoms with Crippen LogP contribution in [0, 0.1) is 18.7 Å². The molecule has 0 heterocycles. The fourth-order valence-corrected chi connectivity index (χ4v) is 6.70. The second-order valence-corrected chi connectivity index (χ2v) is 14.1. The number of aryl methyl sites for hydroxylation is 1. The number of sulfonamides is 1. The summed E-state index contributed by atoms with van der Waals surface area (Å²) in [5.74, 6) is -1.85.